The summed E-state index contributed by atoms with van der Waals surface area (Å²) in [6, 6.07) is 0. The van der Waals surface area contributed by atoms with E-state index >= 15 is 0 Å². The fourth-order valence-electron chi connectivity index (χ4n) is 0.613. The summed E-state index contributed by atoms with van der Waals surface area (Å²) in [7, 11) is 2.90. The molecule has 0 rings (SSSR count). The highest BCUT2D eigenvalue weighted by atomic mass is 35.7. The highest BCUT2D eigenvalue weighted by Crippen LogP contribution is 1.89. The average Bonchev–Trinajstić information content (AvgIpc) is 2.01. The Balaban J connectivity index is 3.09. The number of nitrogens with one attached hydrogen (secondary N) is 1. The molecule has 7 heteroatoms. The van der Waals surface area contributed by atoms with Gasteiger partial charge in [0, 0.05) is 30.9 Å². The molecule has 0 atom stereocenters. The van der Waals surface area contributed by atoms with Crippen molar-refractivity contribution in [2.75, 3.05) is 33.5 Å². The lowest BCUT2D eigenvalue weighted by Crippen LogP contribution is -2.20. The Labute approximate surface area is 82.9 Å². The largest absolute Gasteiger partial charge is 0.382 e. The van der Waals surface area contributed by atoms with Crippen LogP contribution in [0.5, 0.6) is 0 Å². The van der Waals surface area contributed by atoms with Crippen molar-refractivity contribution in [1.29, 1.82) is 0 Å². The van der Waals surface area contributed by atoms with Crippen molar-refractivity contribution in [2.24, 2.45) is 0 Å². The fourth-order valence-corrected chi connectivity index (χ4v) is 1.23. The van der Waals surface area contributed by atoms with Gasteiger partial charge in [-0.25, -0.2) is 4.72 Å². The molecule has 0 aromatic carbocycles. The molecule has 0 aliphatic rings. The van der Waals surface area contributed by atoms with Gasteiger partial charge in [0.1, 0.15) is 0 Å². The lowest BCUT2D eigenvalue weighted by Gasteiger charge is -2.02. The predicted octanol–water partition coefficient (Wildman–Crippen LogP) is 0.113. The van der Waals surface area contributed by atoms with E-state index in [0.29, 0.717) is 32.8 Å². The van der Waals surface area contributed by atoms with Gasteiger partial charge in [0.15, 0.2) is 0 Å². The van der Waals surface area contributed by atoms with Gasteiger partial charge in [-0.15, -0.1) is 0 Å². The smallest absolute Gasteiger partial charge is 0.297 e. The Bertz CT molecular complexity index is 207. The molecule has 0 saturated heterocycles. The van der Waals surface area contributed by atoms with Crippen LogP contribution in [0.15, 0.2) is 0 Å². The van der Waals surface area contributed by atoms with Gasteiger partial charge in [-0.05, 0) is 6.42 Å². The summed E-state index contributed by atoms with van der Waals surface area (Å²) >= 11 is 0. The number of hydrogen-bond acceptors (Lipinski definition) is 4. The van der Waals surface area contributed by atoms with Crippen LogP contribution in [0.1, 0.15) is 6.42 Å². The number of hydrogen-bond donors (Lipinski definition) is 1. The number of ether oxygens (including phenoxy) is 2. The maximum atomic E-state index is 10.4. The topological polar surface area (TPSA) is 64.6 Å². The number of halogens is 1. The molecule has 1 N–H and O–H groups in total. The van der Waals surface area contributed by atoms with Gasteiger partial charge in [0.05, 0.1) is 13.2 Å². The molecule has 0 bridgehead atoms. The summed E-state index contributed by atoms with van der Waals surface area (Å²) in [5.41, 5.74) is 0. The zero-order valence-corrected chi connectivity index (χ0v) is 9.03. The van der Waals surface area contributed by atoms with Gasteiger partial charge in [-0.2, -0.15) is 8.42 Å². The minimum absolute atomic E-state index is 0.290. The Morgan fingerprint density at radius 1 is 1.31 bits per heavy atom. The van der Waals surface area contributed by atoms with Crippen molar-refractivity contribution < 1.29 is 17.9 Å². The molecule has 0 aromatic rings. The third kappa shape index (κ3) is 12.1. The van der Waals surface area contributed by atoms with Crippen molar-refractivity contribution in [3.63, 3.8) is 0 Å². The molecule has 0 aliphatic heterocycles. The summed E-state index contributed by atoms with van der Waals surface area (Å²) in [6.07, 6.45) is 0.593. The van der Waals surface area contributed by atoms with Crippen molar-refractivity contribution >= 4 is 19.9 Å². The summed E-state index contributed by atoms with van der Waals surface area (Å²) < 4.78 is 32.7. The van der Waals surface area contributed by atoms with Gasteiger partial charge in [-0.3, -0.25) is 0 Å². The van der Waals surface area contributed by atoms with Crippen LogP contribution in [0.2, 0.25) is 0 Å². The molecule has 0 unspecified atom stereocenters. The average molecular weight is 232 g/mol. The first-order valence-electron chi connectivity index (χ1n) is 3.82. The molecule has 13 heavy (non-hydrogen) atoms. The summed E-state index contributed by atoms with van der Waals surface area (Å²) in [5.74, 6) is 0. The Kier molecular flexibility index (Phi) is 7.59. The van der Waals surface area contributed by atoms with Crippen molar-refractivity contribution in [1.82, 2.24) is 4.72 Å². The quantitative estimate of drug-likeness (QED) is 0.476. The van der Waals surface area contributed by atoms with E-state index in [2.05, 4.69) is 4.72 Å². The van der Waals surface area contributed by atoms with E-state index in [1.165, 1.54) is 0 Å². The molecule has 0 aromatic heterocycles. The van der Waals surface area contributed by atoms with E-state index in [4.69, 9.17) is 20.2 Å². The predicted molar refractivity (Wildman–Crippen MR) is 50.1 cm³/mol. The Morgan fingerprint density at radius 3 is 2.54 bits per heavy atom. The normalized spacial score (nSPS) is 11.8. The number of rotatable bonds is 8. The summed E-state index contributed by atoms with van der Waals surface area (Å²) in [5, 5.41) is 0. The van der Waals surface area contributed by atoms with E-state index in [1.807, 2.05) is 0 Å². The van der Waals surface area contributed by atoms with Crippen LogP contribution in [0.25, 0.3) is 0 Å². The van der Waals surface area contributed by atoms with Crippen molar-refractivity contribution in [3.8, 4) is 0 Å². The van der Waals surface area contributed by atoms with Crippen LogP contribution in [-0.2, 0) is 18.7 Å². The summed E-state index contributed by atoms with van der Waals surface area (Å²) in [6.45, 7) is 1.84. The first kappa shape index (κ1) is 13.1. The van der Waals surface area contributed by atoms with E-state index in [1.54, 1.807) is 7.11 Å². The Hall–Kier alpha value is 0.120. The van der Waals surface area contributed by atoms with Gasteiger partial charge in [0.25, 0.3) is 9.24 Å². The van der Waals surface area contributed by atoms with Crippen LogP contribution in [0, 0.1) is 0 Å². The van der Waals surface area contributed by atoms with Gasteiger partial charge < -0.3 is 9.47 Å². The first-order valence-corrected chi connectivity index (χ1v) is 6.13. The second-order valence-corrected chi connectivity index (χ2v) is 4.67. The van der Waals surface area contributed by atoms with E-state index in [-0.39, 0.29) is 0 Å². The maximum Gasteiger partial charge on any atom is 0.297 e. The molecular weight excluding hydrogens is 218 g/mol. The standard InChI is InChI=1S/C6H14ClNO4S/c1-11-5-6-12-4-2-3-8-13(7,9)10/h8H,2-6H2,1H3. The van der Waals surface area contributed by atoms with Crippen LogP contribution >= 0.6 is 10.7 Å². The monoisotopic (exact) mass is 231 g/mol. The second kappa shape index (κ2) is 7.52. The van der Waals surface area contributed by atoms with Crippen LogP contribution in [0.4, 0.5) is 0 Å². The van der Waals surface area contributed by atoms with Crippen molar-refractivity contribution in [3.05, 3.63) is 0 Å². The maximum absolute atomic E-state index is 10.4. The third-order valence-electron chi connectivity index (χ3n) is 1.17. The van der Waals surface area contributed by atoms with Gasteiger partial charge >= 0.3 is 0 Å². The molecule has 0 fully saturated rings. The highest BCUT2D eigenvalue weighted by Gasteiger charge is 2.00. The fraction of sp³-hybridized carbons (Fsp3) is 1.00. The molecule has 5 nitrogen and oxygen atoms in total. The van der Waals surface area contributed by atoms with Crippen LogP contribution < -0.4 is 4.72 Å². The van der Waals surface area contributed by atoms with Crippen molar-refractivity contribution in [2.45, 2.75) is 6.42 Å². The zero-order chi connectivity index (χ0) is 10.2. The minimum Gasteiger partial charge on any atom is -0.382 e. The second-order valence-electron chi connectivity index (χ2n) is 2.29. The molecule has 0 spiro atoms. The van der Waals surface area contributed by atoms with E-state index in [9.17, 15) is 8.42 Å². The SMILES string of the molecule is COCCOCCCNS(=O)(=O)Cl. The highest BCUT2D eigenvalue weighted by molar-refractivity contribution is 8.12. The minimum atomic E-state index is -3.58. The molecule has 80 valence electrons. The van der Waals surface area contributed by atoms with Crippen LogP contribution in [-0.4, -0.2) is 41.9 Å². The van der Waals surface area contributed by atoms with Gasteiger partial charge in [-0.1, -0.05) is 0 Å². The molecule has 0 aliphatic carbocycles. The zero-order valence-electron chi connectivity index (χ0n) is 7.45. The molecule has 0 radical (unpaired) electrons. The lowest BCUT2D eigenvalue weighted by molar-refractivity contribution is 0.0699. The molecule has 0 saturated carbocycles. The first-order chi connectivity index (χ1) is 6.06. The molecule has 0 heterocycles. The van der Waals surface area contributed by atoms with E-state index < -0.39 is 9.24 Å². The van der Waals surface area contributed by atoms with E-state index in [0.717, 1.165) is 0 Å². The Morgan fingerprint density at radius 2 is 2.00 bits per heavy atom. The number of methoxy groups -OCH3 is 1. The molecular formula is C6H14ClNO4S. The lowest BCUT2D eigenvalue weighted by atomic mass is 10.5. The third-order valence-corrected chi connectivity index (χ3v) is 2.05. The summed E-state index contributed by atoms with van der Waals surface area (Å²) in [4.78, 5) is 0. The van der Waals surface area contributed by atoms with Crippen LogP contribution in [0.3, 0.4) is 0 Å². The molecule has 0 amide bonds. The van der Waals surface area contributed by atoms with Gasteiger partial charge in [0.2, 0.25) is 0 Å².